The van der Waals surface area contributed by atoms with Crippen molar-refractivity contribution in [1.82, 2.24) is 19.4 Å². The largest absolute Gasteiger partial charge is 0.422 e. The molecule has 10 aromatic rings. The van der Waals surface area contributed by atoms with Crippen LogP contribution < -0.4 is 5.19 Å². The molecule has 0 spiro atoms. The SMILES string of the molecule is [2H]C([2H])([2H])c1cc2c(cc1-c1c(C([2H])([2H])C)ccc3c1oc1nc4ccccc4n13)[Si](C)(C)C(C)(C)c1ccc(C([2H])([2H])[2H])c(-c3ccc4c(c3)-c3ccccc3-c3ncncc3-c3ccccc3-4)c1S2. The summed E-state index contributed by atoms with van der Waals surface area (Å²) in [5.41, 5.74) is 13.6. The standard InChI is InChI=1S/C56H46N4OSSi/c1-8-34-23-26-47-53(61-55-59-45-19-13-14-20-46(45)60(47)55)51(34)41-29-49-48(27-33(41)3)62-54-44(56(4,5)63(49,6)7)25-21-32(2)50(54)35-22-24-39-36-15-9-10-16-37(36)43-30-57-31-58-52(43)40-18-12-11-17-38(40)42(39)28-35/h9-31H,8H2,1-7H3/i2D3,3D3,8D2. The summed E-state index contributed by atoms with van der Waals surface area (Å²) in [7, 11) is -2.82. The number of hydrogen-bond acceptors (Lipinski definition) is 5. The van der Waals surface area contributed by atoms with Gasteiger partial charge in [0.05, 0.1) is 30.3 Å². The van der Waals surface area contributed by atoms with Crippen LogP contribution >= 0.6 is 11.8 Å². The Labute approximate surface area is 384 Å². The van der Waals surface area contributed by atoms with E-state index in [2.05, 4.69) is 68.3 Å². The number of benzene rings is 7. The summed E-state index contributed by atoms with van der Waals surface area (Å²) < 4.78 is 81.4. The van der Waals surface area contributed by atoms with Crippen molar-refractivity contribution in [3.8, 4) is 66.9 Å². The van der Waals surface area contributed by atoms with Crippen molar-refractivity contribution in [3.05, 3.63) is 162 Å². The zero-order chi connectivity index (χ0) is 49.7. The Kier molecular flexibility index (Phi) is 6.64. The maximum Gasteiger partial charge on any atom is 0.307 e. The first-order valence-electron chi connectivity index (χ1n) is 25.2. The number of fused-ring (bicyclic) bond motifs is 15. The Bertz CT molecular complexity index is 3900. The molecule has 1 aliphatic heterocycles. The summed E-state index contributed by atoms with van der Waals surface area (Å²) in [4.78, 5) is 15.5. The van der Waals surface area contributed by atoms with Gasteiger partial charge in [-0.05, 0) is 127 Å². The molecule has 3 aromatic heterocycles. The van der Waals surface area contributed by atoms with E-state index < -0.39 is 33.2 Å². The fourth-order valence-electron chi connectivity index (χ4n) is 10.1. The number of para-hydroxylation sites is 2. The van der Waals surface area contributed by atoms with Gasteiger partial charge in [0.1, 0.15) is 6.33 Å². The maximum atomic E-state index is 9.16. The molecule has 0 saturated heterocycles. The van der Waals surface area contributed by atoms with Crippen molar-refractivity contribution in [1.29, 1.82) is 0 Å². The Morgan fingerprint density at radius 2 is 1.44 bits per heavy atom. The number of rotatable bonds is 3. The van der Waals surface area contributed by atoms with Crippen LogP contribution in [0.5, 0.6) is 0 Å². The van der Waals surface area contributed by atoms with E-state index in [0.29, 0.717) is 39.2 Å². The van der Waals surface area contributed by atoms with E-state index >= 15 is 0 Å². The first-order chi connectivity index (χ1) is 33.6. The second-order valence-electron chi connectivity index (χ2n) is 17.7. The third-order valence-electron chi connectivity index (χ3n) is 14.0. The lowest BCUT2D eigenvalue weighted by atomic mass is 9.81. The van der Waals surface area contributed by atoms with Crippen LogP contribution in [0.15, 0.2) is 154 Å². The fraction of sp³-hybridized carbons (Fsp3) is 0.161. The molecule has 0 fully saturated rings. The third-order valence-corrected chi connectivity index (χ3v) is 20.6. The van der Waals surface area contributed by atoms with E-state index in [1.807, 2.05) is 83.4 Å². The van der Waals surface area contributed by atoms with E-state index in [-0.39, 0.29) is 11.1 Å². The van der Waals surface area contributed by atoms with E-state index in [9.17, 15) is 0 Å². The minimum absolute atomic E-state index is 0.0423. The van der Waals surface area contributed by atoms with Gasteiger partial charge in [-0.2, -0.15) is 4.98 Å². The first-order valence-corrected chi connectivity index (χ1v) is 25.0. The summed E-state index contributed by atoms with van der Waals surface area (Å²) in [6, 6.07) is 41.4. The van der Waals surface area contributed by atoms with Gasteiger partial charge in [0.25, 0.3) is 0 Å². The van der Waals surface area contributed by atoms with Crippen molar-refractivity contribution < 1.29 is 15.4 Å². The van der Waals surface area contributed by atoms with Gasteiger partial charge in [0, 0.05) is 43.6 Å². The van der Waals surface area contributed by atoms with Crippen LogP contribution in [0.2, 0.25) is 13.1 Å². The first kappa shape index (κ1) is 30.5. The highest BCUT2D eigenvalue weighted by Crippen LogP contribution is 2.53. The molecular formula is C56H46N4OSSi. The predicted molar refractivity (Wildman–Crippen MR) is 264 cm³/mol. The number of aromatic nitrogens is 4. The normalized spacial score (nSPS) is 17.0. The van der Waals surface area contributed by atoms with E-state index in [4.69, 9.17) is 25.4 Å². The monoisotopic (exact) mass is 858 g/mol. The van der Waals surface area contributed by atoms with Gasteiger partial charge in [-0.3, -0.25) is 4.40 Å². The molecule has 0 N–H and O–H groups in total. The van der Waals surface area contributed by atoms with Crippen LogP contribution in [-0.4, -0.2) is 27.4 Å². The molecule has 12 rings (SSSR count). The molecule has 7 heteroatoms. The number of hydrogen-bond donors (Lipinski definition) is 0. The van der Waals surface area contributed by atoms with Gasteiger partial charge < -0.3 is 4.42 Å². The summed E-state index contributed by atoms with van der Waals surface area (Å²) in [6.07, 6.45) is 1.53. The zero-order valence-electron chi connectivity index (χ0n) is 43.4. The van der Waals surface area contributed by atoms with Gasteiger partial charge in [-0.1, -0.05) is 143 Å². The Balaban J connectivity index is 1.13. The van der Waals surface area contributed by atoms with Gasteiger partial charge in [0.15, 0.2) is 5.58 Å². The van der Waals surface area contributed by atoms with Crippen molar-refractivity contribution >= 4 is 53.0 Å². The van der Waals surface area contributed by atoms with Crippen LogP contribution in [0, 0.1) is 13.7 Å². The molecule has 4 heterocycles. The predicted octanol–water partition coefficient (Wildman–Crippen LogP) is 14.4. The molecule has 7 aromatic carbocycles. The van der Waals surface area contributed by atoms with Gasteiger partial charge in [-0.25, -0.2) is 9.97 Å². The van der Waals surface area contributed by atoms with Crippen LogP contribution in [0.4, 0.5) is 0 Å². The number of oxazole rings is 1. The molecule has 5 nitrogen and oxygen atoms in total. The maximum absolute atomic E-state index is 9.16. The van der Waals surface area contributed by atoms with E-state index in [1.54, 1.807) is 24.5 Å². The highest BCUT2D eigenvalue weighted by atomic mass is 32.2. The molecule has 2 aliphatic rings. The molecule has 0 radical (unpaired) electrons. The summed E-state index contributed by atoms with van der Waals surface area (Å²) >= 11 is 1.43. The smallest absolute Gasteiger partial charge is 0.307 e. The molecule has 0 bridgehead atoms. The quantitative estimate of drug-likeness (QED) is 0.166. The Morgan fingerprint density at radius 1 is 0.714 bits per heavy atom. The minimum Gasteiger partial charge on any atom is -0.422 e. The van der Waals surface area contributed by atoms with Crippen LogP contribution in [-0.2, 0) is 11.4 Å². The molecule has 0 amide bonds. The molecule has 1 aliphatic carbocycles. The lowest BCUT2D eigenvalue weighted by Gasteiger charge is -2.41. The van der Waals surface area contributed by atoms with E-state index in [1.165, 1.54) is 18.7 Å². The number of imidazole rings is 1. The van der Waals surface area contributed by atoms with Crippen molar-refractivity contribution in [2.45, 2.75) is 68.8 Å². The van der Waals surface area contributed by atoms with Crippen molar-refractivity contribution in [2.24, 2.45) is 0 Å². The highest BCUT2D eigenvalue weighted by Gasteiger charge is 2.47. The van der Waals surface area contributed by atoms with Crippen LogP contribution in [0.3, 0.4) is 0 Å². The zero-order valence-corrected chi connectivity index (χ0v) is 37.2. The van der Waals surface area contributed by atoms with E-state index in [0.717, 1.165) is 81.8 Å². The fourth-order valence-corrected chi connectivity index (χ4v) is 15.2. The molecule has 0 atom stereocenters. The van der Waals surface area contributed by atoms with Crippen molar-refractivity contribution in [3.63, 3.8) is 0 Å². The number of aryl methyl sites for hydroxylation is 3. The summed E-state index contributed by atoms with van der Waals surface area (Å²) in [5.74, 6) is 0.320. The molecule has 0 unspecified atom stereocenters. The Hall–Kier alpha value is -6.54. The minimum atomic E-state index is -2.82. The van der Waals surface area contributed by atoms with Crippen LogP contribution in [0.1, 0.15) is 54.0 Å². The van der Waals surface area contributed by atoms with Crippen molar-refractivity contribution in [2.75, 3.05) is 0 Å². The molecule has 0 saturated carbocycles. The lowest BCUT2D eigenvalue weighted by molar-refractivity contribution is 0.643. The molecule has 306 valence electrons. The highest BCUT2D eigenvalue weighted by molar-refractivity contribution is 7.99. The van der Waals surface area contributed by atoms with Gasteiger partial charge in [-0.15, -0.1) is 0 Å². The second kappa shape index (κ2) is 13.7. The average molecular weight is 859 g/mol. The Morgan fingerprint density at radius 3 is 2.24 bits per heavy atom. The summed E-state index contributed by atoms with van der Waals surface area (Å²) in [5, 5.41) is 0.414. The molecular weight excluding hydrogens is 805 g/mol. The van der Waals surface area contributed by atoms with Gasteiger partial charge >= 0.3 is 5.84 Å². The average Bonchev–Trinajstić information content (AvgIpc) is 3.86. The van der Waals surface area contributed by atoms with Crippen LogP contribution in [0.25, 0.3) is 94.9 Å². The second-order valence-corrected chi connectivity index (χ2v) is 23.7. The van der Waals surface area contributed by atoms with Gasteiger partial charge in [0.2, 0.25) is 0 Å². The molecule has 63 heavy (non-hydrogen) atoms. The summed E-state index contributed by atoms with van der Waals surface area (Å²) in [6.45, 7) is 5.32. The number of nitrogens with zero attached hydrogens (tertiary/aromatic N) is 4. The third kappa shape index (κ3) is 5.39. The lowest BCUT2D eigenvalue weighted by Crippen LogP contribution is -2.57. The topological polar surface area (TPSA) is 56.2 Å².